The monoisotopic (exact) mass is 450 g/mol. The number of hydrogen-bond donors (Lipinski definition) is 0. The topological polar surface area (TPSA) is 52.1 Å². The maximum Gasteiger partial charge on any atom is 0.381 e. The normalized spacial score (nSPS) is 10.9. The van der Waals surface area contributed by atoms with Crippen molar-refractivity contribution in [3.63, 3.8) is 0 Å². The van der Waals surface area contributed by atoms with Gasteiger partial charge in [-0.15, -0.1) is 0 Å². The quantitative estimate of drug-likeness (QED) is 0.135. The lowest BCUT2D eigenvalue weighted by molar-refractivity contribution is 0.0721. The van der Waals surface area contributed by atoms with Gasteiger partial charge in [-0.25, -0.2) is 36.7 Å². The average molecular weight is 450 g/mol. The van der Waals surface area contributed by atoms with Gasteiger partial charge in [0.25, 0.3) is 0 Å². The molecule has 0 amide bonds. The Labute approximate surface area is 181 Å². The highest BCUT2D eigenvalue weighted by atomic mass is 19.2. The molecule has 0 unspecified atom stereocenters. The second-order valence-corrected chi connectivity index (χ2v) is 7.13. The molecule has 0 saturated carbocycles. The molecule has 1 heterocycles. The molecular formula is C23H19F5N2O2. The van der Waals surface area contributed by atoms with Gasteiger partial charge in [0.05, 0.1) is 5.56 Å². The summed E-state index contributed by atoms with van der Waals surface area (Å²) < 4.78 is 73.7. The number of nitrogens with zero attached hydrogens (tertiary/aromatic N) is 2. The molecule has 9 heteroatoms. The number of hydrogen-bond acceptors (Lipinski definition) is 4. The number of unbranched alkanes of at least 4 members (excludes halogenated alkanes) is 3. The molecule has 2 aromatic carbocycles. The number of carbonyl (C=O) groups excluding carboxylic acids is 1. The second-order valence-electron chi connectivity index (χ2n) is 7.13. The summed E-state index contributed by atoms with van der Waals surface area (Å²) in [7, 11) is 0. The summed E-state index contributed by atoms with van der Waals surface area (Å²) in [6.07, 6.45) is 8.01. The van der Waals surface area contributed by atoms with E-state index in [-0.39, 0.29) is 5.82 Å². The standard InChI is InChI=1S/C23H19F5N2O2/c1-2-3-4-5-6-13-11-29-22(30-12-13)23(31)32-15-9-16(24)20(17(25)10-15)14-7-18(26)21(28)19(27)8-14/h7-12H,2-6H2,1H3. The van der Waals surface area contributed by atoms with Crippen LogP contribution in [0, 0.1) is 29.1 Å². The van der Waals surface area contributed by atoms with E-state index in [9.17, 15) is 26.7 Å². The van der Waals surface area contributed by atoms with Crippen LogP contribution in [-0.4, -0.2) is 15.9 Å². The van der Waals surface area contributed by atoms with Crippen molar-refractivity contribution in [2.24, 2.45) is 0 Å². The molecule has 0 fully saturated rings. The Bertz CT molecular complexity index is 1070. The van der Waals surface area contributed by atoms with E-state index in [1.54, 1.807) is 0 Å². The number of esters is 1. The Kier molecular flexibility index (Phi) is 7.50. The van der Waals surface area contributed by atoms with Crippen LogP contribution in [0.5, 0.6) is 5.75 Å². The maximum absolute atomic E-state index is 14.4. The zero-order valence-corrected chi connectivity index (χ0v) is 17.1. The van der Waals surface area contributed by atoms with E-state index in [4.69, 9.17) is 4.74 Å². The fraction of sp³-hybridized carbons (Fsp3) is 0.261. The minimum atomic E-state index is -1.76. The van der Waals surface area contributed by atoms with E-state index in [0.717, 1.165) is 37.7 Å². The summed E-state index contributed by atoms with van der Waals surface area (Å²) in [5.41, 5.74) is -0.503. The SMILES string of the molecule is CCCCCCc1cnc(C(=O)Oc2cc(F)c(-c3cc(F)c(F)c(F)c3)c(F)c2)nc1. The fourth-order valence-electron chi connectivity index (χ4n) is 3.08. The molecule has 32 heavy (non-hydrogen) atoms. The highest BCUT2D eigenvalue weighted by Crippen LogP contribution is 2.31. The lowest BCUT2D eigenvalue weighted by Gasteiger charge is -2.10. The maximum atomic E-state index is 14.4. The van der Waals surface area contributed by atoms with Crippen LogP contribution in [0.1, 0.15) is 48.8 Å². The number of rotatable bonds is 8. The molecule has 4 nitrogen and oxygen atoms in total. The van der Waals surface area contributed by atoms with Gasteiger partial charge >= 0.3 is 5.97 Å². The van der Waals surface area contributed by atoms with Crippen molar-refractivity contribution in [1.29, 1.82) is 0 Å². The van der Waals surface area contributed by atoms with Crippen molar-refractivity contribution in [1.82, 2.24) is 9.97 Å². The van der Waals surface area contributed by atoms with Gasteiger partial charge in [0.1, 0.15) is 17.4 Å². The van der Waals surface area contributed by atoms with E-state index in [2.05, 4.69) is 16.9 Å². The molecule has 0 spiro atoms. The smallest absolute Gasteiger partial charge is 0.381 e. The average Bonchev–Trinajstić information content (AvgIpc) is 2.75. The van der Waals surface area contributed by atoms with Crippen molar-refractivity contribution in [2.75, 3.05) is 0 Å². The summed E-state index contributed by atoms with van der Waals surface area (Å²) in [5.74, 6) is -9.30. The molecule has 0 aliphatic heterocycles. The van der Waals surface area contributed by atoms with Crippen molar-refractivity contribution in [3.8, 4) is 16.9 Å². The molecule has 0 bridgehead atoms. The molecule has 3 rings (SSSR count). The largest absolute Gasteiger partial charge is 0.420 e. The zero-order valence-electron chi connectivity index (χ0n) is 17.1. The van der Waals surface area contributed by atoms with Gasteiger partial charge in [-0.2, -0.15) is 0 Å². The van der Waals surface area contributed by atoms with Gasteiger partial charge in [0, 0.05) is 24.5 Å². The Hall–Kier alpha value is -3.36. The Balaban J connectivity index is 1.74. The first kappa shape index (κ1) is 23.3. The summed E-state index contributed by atoms with van der Waals surface area (Å²) in [4.78, 5) is 20.0. The van der Waals surface area contributed by atoms with Gasteiger partial charge in [0.2, 0.25) is 5.82 Å². The van der Waals surface area contributed by atoms with Gasteiger partial charge in [0.15, 0.2) is 17.5 Å². The lowest BCUT2D eigenvalue weighted by atomic mass is 10.0. The first-order chi connectivity index (χ1) is 15.3. The molecule has 0 saturated heterocycles. The molecule has 0 atom stereocenters. The van der Waals surface area contributed by atoms with Gasteiger partial charge in [-0.1, -0.05) is 26.2 Å². The van der Waals surface area contributed by atoms with Gasteiger partial charge in [-0.05, 0) is 36.1 Å². The number of benzene rings is 2. The van der Waals surface area contributed by atoms with Crippen molar-refractivity contribution >= 4 is 5.97 Å². The van der Waals surface area contributed by atoms with Crippen LogP contribution in [0.4, 0.5) is 22.0 Å². The Morgan fingerprint density at radius 2 is 1.44 bits per heavy atom. The third kappa shape index (κ3) is 5.46. The second kappa shape index (κ2) is 10.3. The molecule has 0 aliphatic carbocycles. The van der Waals surface area contributed by atoms with E-state index >= 15 is 0 Å². The van der Waals surface area contributed by atoms with Crippen LogP contribution >= 0.6 is 0 Å². The third-order valence-corrected chi connectivity index (χ3v) is 4.71. The predicted molar refractivity (Wildman–Crippen MR) is 107 cm³/mol. The van der Waals surface area contributed by atoms with Crippen LogP contribution in [0.15, 0.2) is 36.7 Å². The number of halogens is 5. The summed E-state index contributed by atoms with van der Waals surface area (Å²) in [6, 6.07) is 2.25. The van der Waals surface area contributed by atoms with E-state index in [0.29, 0.717) is 24.3 Å². The molecule has 3 aromatic rings. The van der Waals surface area contributed by atoms with Gasteiger partial charge < -0.3 is 4.74 Å². The van der Waals surface area contributed by atoms with Crippen molar-refractivity contribution in [3.05, 3.63) is 77.1 Å². The van der Waals surface area contributed by atoms with Crippen molar-refractivity contribution in [2.45, 2.75) is 39.0 Å². The minimum absolute atomic E-state index is 0.296. The first-order valence-electron chi connectivity index (χ1n) is 9.97. The van der Waals surface area contributed by atoms with Crippen molar-refractivity contribution < 1.29 is 31.5 Å². The Morgan fingerprint density at radius 1 is 0.844 bits per heavy atom. The van der Waals surface area contributed by atoms with Gasteiger partial charge in [-0.3, -0.25) is 0 Å². The molecule has 168 valence electrons. The highest BCUT2D eigenvalue weighted by Gasteiger charge is 2.20. The third-order valence-electron chi connectivity index (χ3n) is 4.71. The fourth-order valence-corrected chi connectivity index (χ4v) is 3.08. The van der Waals surface area contributed by atoms with Crippen LogP contribution in [0.25, 0.3) is 11.1 Å². The van der Waals surface area contributed by atoms with E-state index in [1.165, 1.54) is 12.4 Å². The molecular weight excluding hydrogens is 431 g/mol. The Morgan fingerprint density at radius 3 is 2.00 bits per heavy atom. The van der Waals surface area contributed by atoms with Crippen LogP contribution < -0.4 is 4.74 Å². The number of carbonyl (C=O) groups is 1. The highest BCUT2D eigenvalue weighted by molar-refractivity contribution is 5.87. The van der Waals surface area contributed by atoms with Crippen LogP contribution in [-0.2, 0) is 6.42 Å². The molecule has 1 aromatic heterocycles. The summed E-state index contributed by atoms with van der Waals surface area (Å²) >= 11 is 0. The molecule has 0 N–H and O–H groups in total. The summed E-state index contributed by atoms with van der Waals surface area (Å²) in [6.45, 7) is 2.11. The number of ether oxygens (including phenoxy) is 1. The molecule has 0 radical (unpaired) electrons. The molecule has 0 aliphatic rings. The number of aryl methyl sites for hydroxylation is 1. The zero-order chi connectivity index (χ0) is 23.3. The van der Waals surface area contributed by atoms with E-state index in [1.807, 2.05) is 0 Å². The van der Waals surface area contributed by atoms with Crippen LogP contribution in [0.3, 0.4) is 0 Å². The van der Waals surface area contributed by atoms with E-state index < -0.39 is 51.9 Å². The predicted octanol–water partition coefficient (Wildman–Crippen LogP) is 6.18. The lowest BCUT2D eigenvalue weighted by Crippen LogP contribution is -2.13. The minimum Gasteiger partial charge on any atom is -0.420 e. The summed E-state index contributed by atoms with van der Waals surface area (Å²) in [5, 5.41) is 0. The first-order valence-corrected chi connectivity index (χ1v) is 9.97. The van der Waals surface area contributed by atoms with Crippen LogP contribution in [0.2, 0.25) is 0 Å². The number of aromatic nitrogens is 2.